The van der Waals surface area contributed by atoms with Crippen LogP contribution in [0.25, 0.3) is 11.8 Å². The number of ketones is 1. The molecule has 12 heteroatoms. The van der Waals surface area contributed by atoms with Crippen LogP contribution in [0.15, 0.2) is 58.0 Å². The van der Waals surface area contributed by atoms with Crippen LogP contribution in [0.2, 0.25) is 0 Å². The minimum atomic E-state index is -1.65. The minimum Gasteiger partial charge on any atom is -0.491 e. The lowest BCUT2D eigenvalue weighted by molar-refractivity contribution is -0.176. The van der Waals surface area contributed by atoms with Crippen molar-refractivity contribution in [2.45, 2.75) is 117 Å². The first kappa shape index (κ1) is 43.7. The Morgan fingerprint density at radius 3 is 2.42 bits per heavy atom. The summed E-state index contributed by atoms with van der Waals surface area (Å²) in [6.45, 7) is 20.8. The van der Waals surface area contributed by atoms with E-state index in [2.05, 4.69) is 61.8 Å². The van der Waals surface area contributed by atoms with Crippen LogP contribution in [0.5, 0.6) is 17.2 Å². The van der Waals surface area contributed by atoms with Gasteiger partial charge in [-0.25, -0.2) is 4.79 Å². The molecule has 4 aliphatic heterocycles. The minimum absolute atomic E-state index is 0.000589. The number of nitriles is 1. The lowest BCUT2D eigenvalue weighted by Crippen LogP contribution is -2.71. The standard InChI is InChI=1S/C47H62N4O8/c1-26(2)13-12-18-45(10)19-17-32-38(57-45)31(15-14-27(3)4)40-35(39(32)56-24-22-50-21-23-52)37-36-34(33(25-48)42(49)51-37)29(6)41(53)46(20-16-28(5)43(54)55-11)47(36,58-40)30(7)44(8,9)59-46/h13-14,16-17,19,29-30,34,50-52H,12,15,18,20-24,49H2,1-11H3/b28-16-. The van der Waals surface area contributed by atoms with E-state index in [4.69, 9.17) is 29.4 Å². The zero-order chi connectivity index (χ0) is 43.2. The zero-order valence-corrected chi connectivity index (χ0v) is 36.6. The van der Waals surface area contributed by atoms with Gasteiger partial charge < -0.3 is 45.2 Å². The van der Waals surface area contributed by atoms with Crippen molar-refractivity contribution in [3.05, 3.63) is 74.7 Å². The Labute approximate surface area is 349 Å². The zero-order valence-electron chi connectivity index (χ0n) is 36.6. The van der Waals surface area contributed by atoms with Crippen LogP contribution in [-0.2, 0) is 25.5 Å². The number of aliphatic hydroxyl groups excluding tert-OH is 1. The van der Waals surface area contributed by atoms with E-state index >= 15 is 4.79 Å². The van der Waals surface area contributed by atoms with Gasteiger partial charge in [-0.2, -0.15) is 5.26 Å². The summed E-state index contributed by atoms with van der Waals surface area (Å²) in [4.78, 5) is 28.2. The van der Waals surface area contributed by atoms with Crippen molar-refractivity contribution in [3.8, 4) is 23.3 Å². The smallest absolute Gasteiger partial charge is 0.333 e. The van der Waals surface area contributed by atoms with Crippen LogP contribution in [0, 0.1) is 29.1 Å². The first-order chi connectivity index (χ1) is 27.8. The number of aliphatic hydroxyl groups is 1. The Kier molecular flexibility index (Phi) is 12.1. The Balaban J connectivity index is 1.74. The monoisotopic (exact) mass is 810 g/mol. The molecule has 0 radical (unpaired) electrons. The molecule has 1 aromatic rings. The highest BCUT2D eigenvalue weighted by Crippen LogP contribution is 2.69. The van der Waals surface area contributed by atoms with Gasteiger partial charge in [0.05, 0.1) is 47.8 Å². The maximum atomic E-state index is 15.4. The fourth-order valence-corrected chi connectivity index (χ4v) is 9.60. The summed E-state index contributed by atoms with van der Waals surface area (Å²) in [6.07, 6.45) is 12.2. The number of hydrogen-bond donors (Lipinski definition) is 4. The van der Waals surface area contributed by atoms with Crippen molar-refractivity contribution < 1.29 is 38.4 Å². The number of nitrogens with one attached hydrogen (secondary N) is 2. The number of esters is 1. The van der Waals surface area contributed by atoms with Gasteiger partial charge in [0, 0.05) is 54.0 Å². The number of Topliss-reactive ketones (excluding diaryl/α,β-unsaturated/α-hetero) is 1. The molecule has 6 unspecified atom stereocenters. The molecule has 5 aliphatic rings. The fraction of sp³-hybridized carbons (Fsp3) is 0.553. The predicted molar refractivity (Wildman–Crippen MR) is 227 cm³/mol. The molecule has 1 spiro atoms. The van der Waals surface area contributed by atoms with Crippen molar-refractivity contribution in [2.24, 2.45) is 23.5 Å². The molecule has 6 rings (SSSR count). The van der Waals surface area contributed by atoms with E-state index in [0.29, 0.717) is 59.2 Å². The predicted octanol–water partition coefficient (Wildman–Crippen LogP) is 6.73. The molecular weight excluding hydrogens is 749 g/mol. The largest absolute Gasteiger partial charge is 0.491 e. The van der Waals surface area contributed by atoms with E-state index in [1.807, 2.05) is 41.5 Å². The Morgan fingerprint density at radius 2 is 1.78 bits per heavy atom. The van der Waals surface area contributed by atoms with Gasteiger partial charge in [0.1, 0.15) is 35.3 Å². The fourth-order valence-electron chi connectivity index (χ4n) is 9.60. The van der Waals surface area contributed by atoms with Gasteiger partial charge in [-0.05, 0) is 86.8 Å². The molecule has 5 N–H and O–H groups in total. The van der Waals surface area contributed by atoms with Crippen LogP contribution in [-0.4, -0.2) is 72.7 Å². The van der Waals surface area contributed by atoms with Gasteiger partial charge in [-0.3, -0.25) is 4.79 Å². The van der Waals surface area contributed by atoms with E-state index in [1.54, 1.807) is 13.0 Å². The SMILES string of the molecule is COC(=O)/C(C)=C\CC12OC(C)(C)C(C)C13Oc1c(CC=C(C)C)c4c(c(OCCNCCO)c1C1=C3C(C(C#N)=C(N)N1)C(C)C2=O)C=CC(C)(CCC=C(C)C)O4. The van der Waals surface area contributed by atoms with Crippen LogP contribution in [0.1, 0.15) is 105 Å². The summed E-state index contributed by atoms with van der Waals surface area (Å²) in [5, 5.41) is 26.9. The van der Waals surface area contributed by atoms with Crippen molar-refractivity contribution in [2.75, 3.05) is 33.4 Å². The second-order valence-electron chi connectivity index (χ2n) is 17.8. The Morgan fingerprint density at radius 1 is 1.07 bits per heavy atom. The number of benzene rings is 1. The number of dihydropyridines is 1. The van der Waals surface area contributed by atoms with Crippen LogP contribution < -0.4 is 30.6 Å². The van der Waals surface area contributed by atoms with Gasteiger partial charge in [0.2, 0.25) is 0 Å². The highest BCUT2D eigenvalue weighted by atomic mass is 16.6. The van der Waals surface area contributed by atoms with Gasteiger partial charge in [-0.15, -0.1) is 0 Å². The van der Waals surface area contributed by atoms with Crippen LogP contribution in [0.3, 0.4) is 0 Å². The van der Waals surface area contributed by atoms with Gasteiger partial charge in [0.25, 0.3) is 0 Å². The normalized spacial score (nSPS) is 28.5. The number of nitrogens with two attached hydrogens (primary N) is 1. The highest BCUT2D eigenvalue weighted by molar-refractivity contribution is 6.00. The second kappa shape index (κ2) is 16.3. The Hall–Kier alpha value is -4.83. The molecule has 1 aliphatic carbocycles. The molecule has 0 amide bonds. The van der Waals surface area contributed by atoms with E-state index in [1.165, 1.54) is 12.7 Å². The number of rotatable bonds is 14. The number of fused-ring (bicyclic) bond motifs is 3. The maximum Gasteiger partial charge on any atom is 0.333 e. The molecule has 1 saturated heterocycles. The van der Waals surface area contributed by atoms with Gasteiger partial charge in [0.15, 0.2) is 17.0 Å². The molecule has 4 heterocycles. The quantitative estimate of drug-likeness (QED) is 0.0676. The average molecular weight is 811 g/mol. The number of nitrogens with zero attached hydrogens (tertiary/aromatic N) is 1. The molecule has 2 fully saturated rings. The summed E-state index contributed by atoms with van der Waals surface area (Å²) in [7, 11) is 1.32. The highest BCUT2D eigenvalue weighted by Gasteiger charge is 2.79. The molecule has 318 valence electrons. The van der Waals surface area contributed by atoms with E-state index in [9.17, 15) is 15.2 Å². The third kappa shape index (κ3) is 7.19. The first-order valence-corrected chi connectivity index (χ1v) is 20.8. The lowest BCUT2D eigenvalue weighted by Gasteiger charge is -2.57. The summed E-state index contributed by atoms with van der Waals surface area (Å²) in [5.74, 6) is -1.02. The summed E-state index contributed by atoms with van der Waals surface area (Å²) in [5.41, 5.74) is 8.38. The third-order valence-corrected chi connectivity index (χ3v) is 12.8. The number of methoxy groups -OCH3 is 1. The summed E-state index contributed by atoms with van der Waals surface area (Å²) in [6, 6.07) is 2.34. The maximum absolute atomic E-state index is 15.4. The molecule has 0 aromatic heterocycles. The molecule has 0 bridgehead atoms. The first-order valence-electron chi connectivity index (χ1n) is 20.8. The number of carbonyl (C=O) groups is 2. The van der Waals surface area contributed by atoms with Crippen molar-refractivity contribution in [1.29, 1.82) is 5.26 Å². The summed E-state index contributed by atoms with van der Waals surface area (Å²) >= 11 is 0. The van der Waals surface area contributed by atoms with Gasteiger partial charge in [-0.1, -0.05) is 43.2 Å². The van der Waals surface area contributed by atoms with Crippen molar-refractivity contribution in [1.82, 2.24) is 10.6 Å². The number of allylic oxidation sites excluding steroid dienone is 5. The lowest BCUT2D eigenvalue weighted by atomic mass is 9.52. The Bertz CT molecular complexity index is 2150. The second-order valence-corrected chi connectivity index (χ2v) is 17.8. The summed E-state index contributed by atoms with van der Waals surface area (Å²) < 4.78 is 33.9. The van der Waals surface area contributed by atoms with Crippen molar-refractivity contribution >= 4 is 23.5 Å². The molecule has 1 aromatic carbocycles. The number of carbonyl (C=O) groups excluding carboxylic acids is 2. The van der Waals surface area contributed by atoms with Crippen LogP contribution in [0.4, 0.5) is 0 Å². The van der Waals surface area contributed by atoms with E-state index in [0.717, 1.165) is 29.5 Å². The van der Waals surface area contributed by atoms with Gasteiger partial charge >= 0.3 is 5.97 Å². The van der Waals surface area contributed by atoms with E-state index < -0.39 is 46.1 Å². The molecule has 12 nitrogen and oxygen atoms in total. The number of hydrogen-bond acceptors (Lipinski definition) is 12. The average Bonchev–Trinajstić information content (AvgIpc) is 3.35. The molecular formula is C47H62N4O8. The van der Waals surface area contributed by atoms with Crippen LogP contribution >= 0.6 is 0 Å². The third-order valence-electron chi connectivity index (χ3n) is 12.8. The molecule has 6 atom stereocenters. The molecule has 59 heavy (non-hydrogen) atoms. The van der Waals surface area contributed by atoms with E-state index in [-0.39, 0.29) is 36.8 Å². The number of ether oxygens (including phenoxy) is 5. The van der Waals surface area contributed by atoms with Crippen molar-refractivity contribution in [3.63, 3.8) is 0 Å². The topological polar surface area (TPSA) is 174 Å². The molecule has 1 saturated carbocycles.